The molecule has 0 saturated heterocycles. The summed E-state index contributed by atoms with van der Waals surface area (Å²) >= 11 is 9.94. The number of hydrogen-bond acceptors (Lipinski definition) is 0. The molecule has 0 radical (unpaired) electrons. The van der Waals surface area contributed by atoms with E-state index >= 15 is 0 Å². The van der Waals surface area contributed by atoms with Crippen molar-refractivity contribution < 1.29 is 37.9 Å². The standard InChI is InChI=1S/2C28H20.2Au.2BrH/c2*1-5-13-23(14-6-1)21-27(25-17-9-3-10-18-25)28(26-19-11-4-12-20-26)22-24-15-7-2-8-16-24;;;;/h2*1-20H;;;2*1H/q2*-2;2*+1;;/p-2. The minimum Gasteiger partial charge on any atom is -0.174 e. The molecule has 60 heavy (non-hydrogen) atoms. The monoisotopic (exact) mass is 1260 g/mol. The first-order chi connectivity index (χ1) is 29.8. The Hall–Kier alpha value is -4.84. The Balaban J connectivity index is 0.000000210. The molecular weight excluding hydrogens is 1230 g/mol. The molecule has 8 aromatic rings. The first kappa shape index (κ1) is 46.2. The summed E-state index contributed by atoms with van der Waals surface area (Å²) in [5.41, 5.74) is 12.8. The van der Waals surface area contributed by atoms with Crippen LogP contribution in [0.4, 0.5) is 0 Å². The van der Waals surface area contributed by atoms with Crippen LogP contribution in [0, 0.1) is 24.3 Å². The average Bonchev–Trinajstić information content (AvgIpc) is 3.35. The molecule has 0 aromatic heterocycles. The molecule has 0 atom stereocenters. The van der Waals surface area contributed by atoms with Gasteiger partial charge in [-0.3, -0.25) is 0 Å². The third kappa shape index (κ3) is 14.7. The molecule has 0 saturated carbocycles. The zero-order chi connectivity index (χ0) is 42.0. The van der Waals surface area contributed by atoms with Crippen LogP contribution >= 0.6 is 26.0 Å². The molecule has 0 aliphatic heterocycles. The zero-order valence-electron chi connectivity index (χ0n) is 32.5. The van der Waals surface area contributed by atoms with Crippen molar-refractivity contribution in [2.45, 2.75) is 0 Å². The second kappa shape index (κ2) is 27.1. The van der Waals surface area contributed by atoms with Crippen LogP contribution in [0.15, 0.2) is 243 Å². The van der Waals surface area contributed by atoms with Gasteiger partial charge in [0.15, 0.2) is 0 Å². The third-order valence-electron chi connectivity index (χ3n) is 8.92. The first-order valence-corrected chi connectivity index (χ1v) is 28.5. The molecule has 304 valence electrons. The van der Waals surface area contributed by atoms with Crippen molar-refractivity contribution in [2.75, 3.05) is 0 Å². The van der Waals surface area contributed by atoms with Gasteiger partial charge < -0.3 is 0 Å². The van der Waals surface area contributed by atoms with E-state index < -0.39 is 0 Å². The molecule has 0 N–H and O–H groups in total. The molecule has 0 fully saturated rings. The molecule has 0 heterocycles. The van der Waals surface area contributed by atoms with Gasteiger partial charge in [0.05, 0.1) is 0 Å². The van der Waals surface area contributed by atoms with E-state index in [1.165, 1.54) is 0 Å². The topological polar surface area (TPSA) is 0 Å². The zero-order valence-corrected chi connectivity index (χ0v) is 40.0. The largest absolute Gasteiger partial charge is 0.174 e. The van der Waals surface area contributed by atoms with Crippen molar-refractivity contribution in [1.82, 2.24) is 0 Å². The predicted octanol–water partition coefficient (Wildman–Crippen LogP) is 15.4. The van der Waals surface area contributed by atoms with Gasteiger partial charge in [0.1, 0.15) is 0 Å². The molecular formula is C56H40Au2Br2-4. The van der Waals surface area contributed by atoms with E-state index in [0.717, 1.165) is 66.8 Å². The number of rotatable bonds is 10. The SMILES string of the molecule is [Br][Au].[Br][Au].[C-](=C(C(=[C-]c1ccccc1)c1ccccc1)c1ccccc1)c1ccccc1.[C-](=C(C(=[C-]c1ccccc1)c1ccccc1)c1ccccc1)c1ccccc1. The predicted molar refractivity (Wildman–Crippen MR) is 252 cm³/mol. The Morgan fingerprint density at radius 1 is 0.217 bits per heavy atom. The number of allylic oxidation sites excluding steroid dienone is 4. The fourth-order valence-corrected chi connectivity index (χ4v) is 6.20. The van der Waals surface area contributed by atoms with Gasteiger partial charge in [0.25, 0.3) is 0 Å². The van der Waals surface area contributed by atoms with Crippen molar-refractivity contribution in [2.24, 2.45) is 0 Å². The van der Waals surface area contributed by atoms with Crippen LogP contribution < -0.4 is 0 Å². The Morgan fingerprint density at radius 3 is 0.500 bits per heavy atom. The van der Waals surface area contributed by atoms with Crippen molar-refractivity contribution in [3.05, 3.63) is 311 Å². The van der Waals surface area contributed by atoms with E-state index in [2.05, 4.69) is 234 Å². The summed E-state index contributed by atoms with van der Waals surface area (Å²) in [4.78, 5) is 0. The summed E-state index contributed by atoms with van der Waals surface area (Å²) in [6.45, 7) is 0. The molecule has 0 spiro atoms. The van der Waals surface area contributed by atoms with Crippen LogP contribution in [0.5, 0.6) is 0 Å². The van der Waals surface area contributed by atoms with E-state index in [4.69, 9.17) is 0 Å². The van der Waals surface area contributed by atoms with Crippen LogP contribution in [-0.4, -0.2) is 0 Å². The summed E-state index contributed by atoms with van der Waals surface area (Å²) in [5.74, 6) is 0. The van der Waals surface area contributed by atoms with Crippen molar-refractivity contribution in [3.8, 4) is 0 Å². The molecule has 0 aliphatic carbocycles. The Morgan fingerprint density at radius 2 is 0.350 bits per heavy atom. The minimum atomic E-state index is 1.03. The van der Waals surface area contributed by atoms with Gasteiger partial charge >= 0.3 is 63.9 Å². The van der Waals surface area contributed by atoms with Gasteiger partial charge in [0, 0.05) is 0 Å². The van der Waals surface area contributed by atoms with Crippen LogP contribution in [-0.2, 0) is 37.9 Å². The van der Waals surface area contributed by atoms with Gasteiger partial charge in [-0.25, -0.2) is 0 Å². The fraction of sp³-hybridized carbons (Fsp3) is 0. The van der Waals surface area contributed by atoms with Gasteiger partial charge in [-0.05, 0) is 0 Å². The van der Waals surface area contributed by atoms with Gasteiger partial charge in [0.2, 0.25) is 0 Å². The van der Waals surface area contributed by atoms with Crippen LogP contribution in [0.2, 0.25) is 0 Å². The number of halogens is 2. The summed E-state index contributed by atoms with van der Waals surface area (Å²) in [5, 5.41) is 0. The van der Waals surface area contributed by atoms with Gasteiger partial charge in [-0.1, -0.05) is 194 Å². The summed E-state index contributed by atoms with van der Waals surface area (Å²) < 4.78 is 0. The number of hydrogen-bond donors (Lipinski definition) is 0. The summed E-state index contributed by atoms with van der Waals surface area (Å²) in [6.07, 6.45) is 14.5. The quantitative estimate of drug-likeness (QED) is 0.0554. The van der Waals surface area contributed by atoms with Crippen LogP contribution in [0.25, 0.3) is 22.3 Å². The maximum absolute atomic E-state index is 3.63. The Labute approximate surface area is 393 Å². The summed E-state index contributed by atoms with van der Waals surface area (Å²) in [7, 11) is 0. The van der Waals surface area contributed by atoms with E-state index in [1.807, 2.05) is 97.1 Å². The molecule has 0 aliphatic rings. The molecule has 0 unspecified atom stereocenters. The van der Waals surface area contributed by atoms with E-state index in [-0.39, 0.29) is 0 Å². The van der Waals surface area contributed by atoms with E-state index in [1.54, 1.807) is 0 Å². The van der Waals surface area contributed by atoms with Crippen molar-refractivity contribution in [3.63, 3.8) is 0 Å². The van der Waals surface area contributed by atoms with E-state index in [9.17, 15) is 0 Å². The molecule has 0 nitrogen and oxygen atoms in total. The third-order valence-corrected chi connectivity index (χ3v) is 8.92. The summed E-state index contributed by atoms with van der Waals surface area (Å²) in [6, 6.07) is 82.7. The van der Waals surface area contributed by atoms with E-state index in [0.29, 0.717) is 0 Å². The molecule has 8 rings (SSSR count). The molecule has 8 aromatic carbocycles. The first-order valence-electron chi connectivity index (χ1n) is 19.0. The average molecular weight is 1270 g/mol. The Bertz CT molecular complexity index is 2140. The minimum absolute atomic E-state index is 1.03. The van der Waals surface area contributed by atoms with Crippen LogP contribution in [0.1, 0.15) is 44.5 Å². The second-order valence-corrected chi connectivity index (χ2v) is 12.9. The maximum atomic E-state index is 3.63. The molecule has 0 bridgehead atoms. The molecule has 4 heteroatoms. The molecule has 0 amide bonds. The fourth-order valence-electron chi connectivity index (χ4n) is 6.20. The Kier molecular flexibility index (Phi) is 20.9. The number of benzene rings is 8. The normalized spacial score (nSPS) is 11.4. The van der Waals surface area contributed by atoms with Crippen LogP contribution in [0.3, 0.4) is 0 Å². The maximum Gasteiger partial charge on any atom is -0.0635 e. The second-order valence-electron chi connectivity index (χ2n) is 12.9. The van der Waals surface area contributed by atoms with Crippen molar-refractivity contribution in [1.29, 1.82) is 0 Å². The van der Waals surface area contributed by atoms with Crippen molar-refractivity contribution >= 4 is 48.3 Å². The smallest absolute Gasteiger partial charge is 0.0635 e. The van der Waals surface area contributed by atoms with Gasteiger partial charge in [-0.2, -0.15) is 46.6 Å². The van der Waals surface area contributed by atoms with Gasteiger partial charge in [-0.15, -0.1) is 93.0 Å².